The van der Waals surface area contributed by atoms with Crippen LogP contribution in [0.1, 0.15) is 25.3 Å². The van der Waals surface area contributed by atoms with Gasteiger partial charge in [-0.15, -0.1) is 0 Å². The Bertz CT molecular complexity index is 453. The van der Waals surface area contributed by atoms with E-state index in [0.29, 0.717) is 13.0 Å². The van der Waals surface area contributed by atoms with Crippen molar-refractivity contribution in [1.29, 1.82) is 0 Å². The minimum Gasteiger partial charge on any atom is -0.464 e. The largest absolute Gasteiger partial charge is 0.464 e. The van der Waals surface area contributed by atoms with Crippen molar-refractivity contribution in [2.75, 3.05) is 18.6 Å². The van der Waals surface area contributed by atoms with E-state index in [1.807, 2.05) is 43.5 Å². The summed E-state index contributed by atoms with van der Waals surface area (Å²) in [6.45, 7) is 2.45. The maximum absolute atomic E-state index is 11.9. The van der Waals surface area contributed by atoms with Gasteiger partial charge in [0.1, 0.15) is 12.6 Å². The molecular weight excluding hydrogens is 302 g/mol. The van der Waals surface area contributed by atoms with E-state index in [0.717, 1.165) is 17.7 Å². The molecule has 0 heterocycles. The fraction of sp³-hybridized carbons (Fsp3) is 0.500. The van der Waals surface area contributed by atoms with Gasteiger partial charge in [-0.05, 0) is 30.4 Å². The average Bonchev–Trinajstić information content (AvgIpc) is 2.55. The maximum atomic E-state index is 11.9. The van der Waals surface area contributed by atoms with Crippen LogP contribution in [0.2, 0.25) is 0 Å². The molecule has 0 aliphatic rings. The second-order valence-corrected chi connectivity index (χ2v) is 5.69. The topological polar surface area (TPSA) is 64.6 Å². The standard InChI is InChI=1S/C16H23NO4S/c1-3-10-20-15(18)14(9-11-22-2)17-16(19)21-12-13-7-5-4-6-8-13/h4-8,14H,3,9-12H2,1-2H3,(H,17,19). The van der Waals surface area contributed by atoms with E-state index in [4.69, 9.17) is 9.47 Å². The number of rotatable bonds is 9. The quantitative estimate of drug-likeness (QED) is 0.707. The second kappa shape index (κ2) is 11.0. The Labute approximate surface area is 135 Å². The van der Waals surface area contributed by atoms with Gasteiger partial charge in [-0.2, -0.15) is 11.8 Å². The van der Waals surface area contributed by atoms with E-state index in [2.05, 4.69) is 5.32 Å². The molecule has 1 aromatic carbocycles. The van der Waals surface area contributed by atoms with E-state index < -0.39 is 18.1 Å². The normalized spacial score (nSPS) is 11.5. The monoisotopic (exact) mass is 325 g/mol. The molecule has 0 saturated heterocycles. The third-order valence-electron chi connectivity index (χ3n) is 2.85. The van der Waals surface area contributed by atoms with Crippen LogP contribution in [0.3, 0.4) is 0 Å². The van der Waals surface area contributed by atoms with E-state index in [1.165, 1.54) is 0 Å². The summed E-state index contributed by atoms with van der Waals surface area (Å²) in [7, 11) is 0. The van der Waals surface area contributed by atoms with Gasteiger partial charge in [0, 0.05) is 0 Å². The van der Waals surface area contributed by atoms with Crippen LogP contribution < -0.4 is 5.32 Å². The van der Waals surface area contributed by atoms with Gasteiger partial charge in [-0.25, -0.2) is 9.59 Å². The van der Waals surface area contributed by atoms with Crippen LogP contribution in [-0.2, 0) is 20.9 Å². The Morgan fingerprint density at radius 2 is 1.95 bits per heavy atom. The Kier molecular flexibility index (Phi) is 9.14. The zero-order valence-electron chi connectivity index (χ0n) is 13.0. The predicted molar refractivity (Wildman–Crippen MR) is 87.8 cm³/mol. The summed E-state index contributed by atoms with van der Waals surface area (Å²) in [6, 6.07) is 8.72. The lowest BCUT2D eigenvalue weighted by Crippen LogP contribution is -2.42. The predicted octanol–water partition coefficient (Wildman–Crippen LogP) is 2.99. The van der Waals surface area contributed by atoms with Gasteiger partial charge in [0.25, 0.3) is 0 Å². The molecule has 0 aromatic heterocycles. The van der Waals surface area contributed by atoms with Crippen LogP contribution in [0.5, 0.6) is 0 Å². The van der Waals surface area contributed by atoms with Crippen molar-refractivity contribution in [2.24, 2.45) is 0 Å². The molecule has 1 aromatic rings. The first-order valence-electron chi connectivity index (χ1n) is 7.30. The lowest BCUT2D eigenvalue weighted by molar-refractivity contribution is -0.146. The Morgan fingerprint density at radius 3 is 2.59 bits per heavy atom. The zero-order valence-corrected chi connectivity index (χ0v) is 13.9. The minimum absolute atomic E-state index is 0.173. The van der Waals surface area contributed by atoms with Crippen LogP contribution in [0.4, 0.5) is 4.79 Å². The number of carbonyl (C=O) groups excluding carboxylic acids is 2. The molecule has 1 atom stereocenters. The van der Waals surface area contributed by atoms with Crippen molar-refractivity contribution in [2.45, 2.75) is 32.4 Å². The number of hydrogen-bond acceptors (Lipinski definition) is 5. The van der Waals surface area contributed by atoms with Crippen LogP contribution in [0.25, 0.3) is 0 Å². The molecule has 0 bridgehead atoms. The van der Waals surface area contributed by atoms with Crippen molar-refractivity contribution in [3.8, 4) is 0 Å². The number of nitrogens with one attached hydrogen (secondary N) is 1. The lowest BCUT2D eigenvalue weighted by atomic mass is 10.2. The number of esters is 1. The SMILES string of the molecule is CCCOC(=O)C(CCSC)NC(=O)OCc1ccccc1. The van der Waals surface area contributed by atoms with Crippen molar-refractivity contribution < 1.29 is 19.1 Å². The maximum Gasteiger partial charge on any atom is 0.408 e. The second-order valence-electron chi connectivity index (χ2n) is 4.71. The Morgan fingerprint density at radius 1 is 1.23 bits per heavy atom. The highest BCUT2D eigenvalue weighted by atomic mass is 32.2. The third-order valence-corrected chi connectivity index (χ3v) is 3.49. The van der Waals surface area contributed by atoms with Gasteiger partial charge < -0.3 is 14.8 Å². The summed E-state index contributed by atoms with van der Waals surface area (Å²) in [5, 5.41) is 2.58. The molecule has 0 fully saturated rings. The summed E-state index contributed by atoms with van der Waals surface area (Å²) >= 11 is 1.61. The highest BCUT2D eigenvalue weighted by Crippen LogP contribution is 2.05. The molecule has 122 valence electrons. The molecule has 0 saturated carbocycles. The highest BCUT2D eigenvalue weighted by molar-refractivity contribution is 7.98. The molecular formula is C16H23NO4S. The molecule has 1 rings (SSSR count). The van der Waals surface area contributed by atoms with Crippen molar-refractivity contribution in [3.05, 3.63) is 35.9 Å². The van der Waals surface area contributed by atoms with Gasteiger partial charge in [0.05, 0.1) is 6.61 Å². The summed E-state index contributed by atoms with van der Waals surface area (Å²) in [5.41, 5.74) is 0.895. The number of hydrogen-bond donors (Lipinski definition) is 1. The molecule has 0 aliphatic carbocycles. The van der Waals surface area contributed by atoms with E-state index in [1.54, 1.807) is 11.8 Å². The third kappa shape index (κ3) is 7.36. The van der Waals surface area contributed by atoms with Crippen molar-refractivity contribution >= 4 is 23.8 Å². The first-order valence-corrected chi connectivity index (χ1v) is 8.69. The van der Waals surface area contributed by atoms with E-state index in [9.17, 15) is 9.59 Å². The molecule has 0 aliphatic heterocycles. The number of thioether (sulfide) groups is 1. The molecule has 1 N–H and O–H groups in total. The fourth-order valence-corrected chi connectivity index (χ4v) is 2.17. The smallest absolute Gasteiger partial charge is 0.408 e. The summed E-state index contributed by atoms with van der Waals surface area (Å²) < 4.78 is 10.2. The van der Waals surface area contributed by atoms with Gasteiger partial charge in [0.2, 0.25) is 0 Å². The molecule has 0 radical (unpaired) electrons. The summed E-state index contributed by atoms with van der Waals surface area (Å²) in [4.78, 5) is 23.7. The van der Waals surface area contributed by atoms with Gasteiger partial charge >= 0.3 is 12.1 Å². The van der Waals surface area contributed by atoms with Crippen LogP contribution in [0, 0.1) is 0 Å². The summed E-state index contributed by atoms with van der Waals surface area (Å²) in [6.07, 6.45) is 2.61. The number of alkyl carbamates (subject to hydrolysis) is 1. The molecule has 1 unspecified atom stereocenters. The molecule has 1 amide bonds. The van der Waals surface area contributed by atoms with E-state index in [-0.39, 0.29) is 6.61 Å². The number of amides is 1. The number of carbonyl (C=O) groups is 2. The van der Waals surface area contributed by atoms with Gasteiger partial charge in [-0.3, -0.25) is 0 Å². The fourth-order valence-electron chi connectivity index (χ4n) is 1.69. The van der Waals surface area contributed by atoms with Crippen LogP contribution in [0.15, 0.2) is 30.3 Å². The van der Waals surface area contributed by atoms with Gasteiger partial charge in [-0.1, -0.05) is 37.3 Å². The molecule has 22 heavy (non-hydrogen) atoms. The molecule has 5 nitrogen and oxygen atoms in total. The lowest BCUT2D eigenvalue weighted by Gasteiger charge is -2.17. The molecule has 0 spiro atoms. The van der Waals surface area contributed by atoms with Crippen LogP contribution >= 0.6 is 11.8 Å². The Hall–Kier alpha value is -1.69. The van der Waals surface area contributed by atoms with Gasteiger partial charge in [0.15, 0.2) is 0 Å². The van der Waals surface area contributed by atoms with Crippen molar-refractivity contribution in [3.63, 3.8) is 0 Å². The highest BCUT2D eigenvalue weighted by Gasteiger charge is 2.22. The van der Waals surface area contributed by atoms with Crippen LogP contribution in [-0.4, -0.2) is 36.7 Å². The van der Waals surface area contributed by atoms with E-state index >= 15 is 0 Å². The first-order chi connectivity index (χ1) is 10.7. The number of benzene rings is 1. The number of ether oxygens (including phenoxy) is 2. The minimum atomic E-state index is -0.665. The zero-order chi connectivity index (χ0) is 16.2. The average molecular weight is 325 g/mol. The van der Waals surface area contributed by atoms with Crippen molar-refractivity contribution in [1.82, 2.24) is 5.32 Å². The Balaban J connectivity index is 2.45. The molecule has 6 heteroatoms. The first kappa shape index (κ1) is 18.4. The summed E-state index contributed by atoms with van der Waals surface area (Å²) in [5.74, 6) is 0.345.